The Balaban J connectivity index is 2.00. The number of nitrogens with zero attached hydrogens (tertiary/aromatic N) is 3. The minimum atomic E-state index is -0.758. The van der Waals surface area contributed by atoms with Crippen LogP contribution < -0.4 is 10.1 Å². The van der Waals surface area contributed by atoms with Gasteiger partial charge in [-0.1, -0.05) is 30.4 Å². The van der Waals surface area contributed by atoms with Crippen molar-refractivity contribution in [2.24, 2.45) is 0 Å². The Kier molecular flexibility index (Phi) is 6.33. The molecular weight excluding hydrogens is 360 g/mol. The third-order valence-electron chi connectivity index (χ3n) is 4.32. The zero-order valence-electron chi connectivity index (χ0n) is 15.8. The van der Waals surface area contributed by atoms with E-state index in [0.29, 0.717) is 36.3 Å². The summed E-state index contributed by atoms with van der Waals surface area (Å²) < 4.78 is 5.59. The van der Waals surface area contributed by atoms with Crippen LogP contribution in [0, 0.1) is 0 Å². The Morgan fingerprint density at radius 3 is 2.82 bits per heavy atom. The number of carbonyl (C=O) groups is 2. The first-order valence-electron chi connectivity index (χ1n) is 8.93. The molecule has 1 aromatic heterocycles. The molecule has 1 atom stereocenters. The van der Waals surface area contributed by atoms with Gasteiger partial charge in [0.2, 0.25) is 0 Å². The molecule has 0 unspecified atom stereocenters. The second-order valence-corrected chi connectivity index (χ2v) is 6.16. The van der Waals surface area contributed by atoms with Crippen LogP contribution in [0.5, 0.6) is 6.01 Å². The van der Waals surface area contributed by atoms with Crippen molar-refractivity contribution in [2.45, 2.75) is 18.9 Å². The highest BCUT2D eigenvalue weighted by Gasteiger charge is 2.25. The largest absolute Gasteiger partial charge is 0.463 e. The van der Waals surface area contributed by atoms with Crippen molar-refractivity contribution in [3.05, 3.63) is 54.2 Å². The summed E-state index contributed by atoms with van der Waals surface area (Å²) in [7, 11) is 2.91. The lowest BCUT2D eigenvalue weighted by Crippen LogP contribution is -2.46. The maximum Gasteiger partial charge on any atom is 0.316 e. The lowest BCUT2D eigenvalue weighted by Gasteiger charge is -2.22. The van der Waals surface area contributed by atoms with E-state index in [2.05, 4.69) is 15.3 Å². The molecular formula is C20H22N4O4. The lowest BCUT2D eigenvalue weighted by molar-refractivity contribution is -0.170. The van der Waals surface area contributed by atoms with Gasteiger partial charge in [-0.25, -0.2) is 10.0 Å². The van der Waals surface area contributed by atoms with Crippen LogP contribution >= 0.6 is 0 Å². The van der Waals surface area contributed by atoms with Gasteiger partial charge in [0.15, 0.2) is 0 Å². The molecule has 0 saturated carbocycles. The van der Waals surface area contributed by atoms with Crippen LogP contribution in [0.1, 0.15) is 23.2 Å². The zero-order chi connectivity index (χ0) is 19.9. The van der Waals surface area contributed by atoms with Crippen molar-refractivity contribution in [1.29, 1.82) is 0 Å². The minimum Gasteiger partial charge on any atom is -0.463 e. The van der Waals surface area contributed by atoms with Gasteiger partial charge < -0.3 is 10.1 Å². The molecule has 0 spiro atoms. The predicted octanol–water partition coefficient (Wildman–Crippen LogP) is 1.99. The number of benzene rings is 1. The maximum absolute atomic E-state index is 13.0. The summed E-state index contributed by atoms with van der Waals surface area (Å²) in [4.78, 5) is 39.0. The number of hydrogen-bond acceptors (Lipinski definition) is 6. The van der Waals surface area contributed by atoms with Crippen molar-refractivity contribution in [3.63, 3.8) is 0 Å². The molecule has 8 heteroatoms. The number of carbonyl (C=O) groups excluding carboxylic acids is 2. The highest BCUT2D eigenvalue weighted by molar-refractivity contribution is 6.02. The summed E-state index contributed by atoms with van der Waals surface area (Å²) in [6, 6.07) is 8.28. The van der Waals surface area contributed by atoms with Crippen molar-refractivity contribution in [2.75, 3.05) is 20.8 Å². The average Bonchev–Trinajstić information content (AvgIpc) is 2.73. The Bertz CT molecular complexity index is 884. The number of likely N-dealkylation sites (N-methyl/N-ethyl adjacent to an activating group) is 1. The van der Waals surface area contributed by atoms with E-state index in [1.54, 1.807) is 30.5 Å². The molecule has 2 amide bonds. The summed E-state index contributed by atoms with van der Waals surface area (Å²) in [5.74, 6) is -0.712. The van der Waals surface area contributed by atoms with Gasteiger partial charge in [-0.15, -0.1) is 0 Å². The molecule has 0 aliphatic carbocycles. The standard InChI is InChI=1S/C20H22N4O4/c1-24(27-2)19(26)17-10-4-3-7-13-28-20-21-12-11-16(23-20)14-8-5-6-9-15(14)18(25)22-17/h3-6,8-9,11-12,17H,7,10,13H2,1-2H3,(H,22,25)/b4-3-/t17-/m0/s1. The Hall–Kier alpha value is -3.26. The molecule has 146 valence electrons. The highest BCUT2D eigenvalue weighted by Crippen LogP contribution is 2.23. The summed E-state index contributed by atoms with van der Waals surface area (Å²) in [5, 5.41) is 3.92. The molecule has 1 N–H and O–H groups in total. The molecule has 1 aliphatic heterocycles. The SMILES string of the molecule is CON(C)C(=O)[C@@H]1C/C=C\CCOc2nccc(n2)-c2ccccc2C(=O)N1. The van der Waals surface area contributed by atoms with Crippen LogP contribution in [0.4, 0.5) is 0 Å². The molecule has 1 aliphatic rings. The first-order chi connectivity index (χ1) is 13.6. The fourth-order valence-electron chi connectivity index (χ4n) is 2.80. The van der Waals surface area contributed by atoms with E-state index in [1.165, 1.54) is 14.2 Å². The van der Waals surface area contributed by atoms with Gasteiger partial charge in [0.1, 0.15) is 6.04 Å². The van der Waals surface area contributed by atoms with Gasteiger partial charge in [-0.2, -0.15) is 4.98 Å². The van der Waals surface area contributed by atoms with Gasteiger partial charge in [-0.05, 0) is 25.0 Å². The van der Waals surface area contributed by atoms with Crippen molar-refractivity contribution >= 4 is 11.8 Å². The molecule has 2 aromatic rings. The van der Waals surface area contributed by atoms with Gasteiger partial charge in [0.05, 0.1) is 19.4 Å². The topological polar surface area (TPSA) is 93.7 Å². The summed E-state index contributed by atoms with van der Waals surface area (Å²) in [6.45, 7) is 0.407. The summed E-state index contributed by atoms with van der Waals surface area (Å²) >= 11 is 0. The van der Waals surface area contributed by atoms with E-state index in [9.17, 15) is 9.59 Å². The Morgan fingerprint density at radius 2 is 2.04 bits per heavy atom. The number of amides is 2. The third-order valence-corrected chi connectivity index (χ3v) is 4.32. The second kappa shape index (κ2) is 9.09. The number of fused-ring (bicyclic) bond motifs is 4. The van der Waals surface area contributed by atoms with Crippen LogP contribution in [0.2, 0.25) is 0 Å². The van der Waals surface area contributed by atoms with Crippen LogP contribution in [0.25, 0.3) is 11.3 Å². The average molecular weight is 382 g/mol. The summed E-state index contributed by atoms with van der Waals surface area (Å²) in [6.07, 6.45) is 6.28. The third kappa shape index (κ3) is 4.52. The van der Waals surface area contributed by atoms with E-state index in [1.807, 2.05) is 18.2 Å². The number of nitrogens with one attached hydrogen (secondary N) is 1. The lowest BCUT2D eigenvalue weighted by atomic mass is 10.0. The molecule has 28 heavy (non-hydrogen) atoms. The number of aromatic nitrogens is 2. The highest BCUT2D eigenvalue weighted by atomic mass is 16.7. The van der Waals surface area contributed by atoms with Gasteiger partial charge in [0, 0.05) is 24.4 Å². The van der Waals surface area contributed by atoms with E-state index >= 15 is 0 Å². The smallest absolute Gasteiger partial charge is 0.316 e. The Labute approximate surface area is 163 Å². The molecule has 2 heterocycles. The number of rotatable bonds is 2. The molecule has 2 bridgehead atoms. The first kappa shape index (κ1) is 19.5. The normalized spacial score (nSPS) is 18.1. The minimum absolute atomic E-state index is 0.257. The number of hydrogen-bond donors (Lipinski definition) is 1. The van der Waals surface area contributed by atoms with Gasteiger partial charge >= 0.3 is 6.01 Å². The van der Waals surface area contributed by atoms with Gasteiger partial charge in [0.25, 0.3) is 11.8 Å². The fraction of sp³-hybridized carbons (Fsp3) is 0.300. The van der Waals surface area contributed by atoms with E-state index in [4.69, 9.17) is 9.57 Å². The molecule has 0 radical (unpaired) electrons. The number of ether oxygens (including phenoxy) is 1. The van der Waals surface area contributed by atoms with Gasteiger partial charge in [-0.3, -0.25) is 14.4 Å². The maximum atomic E-state index is 13.0. The van der Waals surface area contributed by atoms with E-state index < -0.39 is 6.04 Å². The van der Waals surface area contributed by atoms with Crippen molar-refractivity contribution in [3.8, 4) is 17.3 Å². The molecule has 0 fully saturated rings. The van der Waals surface area contributed by atoms with Crippen LogP contribution in [-0.4, -0.2) is 53.7 Å². The monoisotopic (exact) mass is 382 g/mol. The fourth-order valence-corrected chi connectivity index (χ4v) is 2.80. The first-order valence-corrected chi connectivity index (χ1v) is 8.93. The second-order valence-electron chi connectivity index (χ2n) is 6.16. The van der Waals surface area contributed by atoms with Crippen molar-refractivity contribution in [1.82, 2.24) is 20.3 Å². The quantitative estimate of drug-likeness (QED) is 0.631. The van der Waals surface area contributed by atoms with E-state index in [0.717, 1.165) is 5.06 Å². The molecule has 0 saturated heterocycles. The van der Waals surface area contributed by atoms with Crippen LogP contribution in [-0.2, 0) is 9.63 Å². The predicted molar refractivity (Wildman–Crippen MR) is 102 cm³/mol. The van der Waals surface area contributed by atoms with Crippen LogP contribution in [0.15, 0.2) is 48.7 Å². The van der Waals surface area contributed by atoms with Crippen LogP contribution in [0.3, 0.4) is 0 Å². The Morgan fingerprint density at radius 1 is 1.25 bits per heavy atom. The van der Waals surface area contributed by atoms with E-state index in [-0.39, 0.29) is 17.8 Å². The zero-order valence-corrected chi connectivity index (χ0v) is 15.8. The molecule has 8 nitrogen and oxygen atoms in total. The van der Waals surface area contributed by atoms with Crippen molar-refractivity contribution < 1.29 is 19.2 Å². The summed E-state index contributed by atoms with van der Waals surface area (Å²) in [5.41, 5.74) is 1.61. The molecule has 1 aromatic carbocycles. The number of hydroxylamine groups is 2. The molecule has 3 rings (SSSR count).